The zero-order chi connectivity index (χ0) is 12.9. The molecule has 94 valence electrons. The zero-order valence-corrected chi connectivity index (χ0v) is 10.8. The first-order valence-corrected chi connectivity index (χ1v) is 7.20. The Morgan fingerprint density at radius 2 is 1.94 bits per heavy atom. The fraction of sp³-hybridized carbons (Fsp3) is 0.455. The smallest absolute Gasteiger partial charge is 0.238 e. The average Bonchev–Trinajstić information content (AvgIpc) is 2.27. The van der Waals surface area contributed by atoms with Gasteiger partial charge in [0.15, 0.2) is 0 Å². The number of hydrogen-bond acceptors (Lipinski definition) is 4. The lowest BCUT2D eigenvalue weighted by Gasteiger charge is -2.19. The lowest BCUT2D eigenvalue weighted by atomic mass is 10.4. The van der Waals surface area contributed by atoms with Gasteiger partial charge in [0.25, 0.3) is 0 Å². The molecule has 1 aromatic carbocycles. The van der Waals surface area contributed by atoms with E-state index in [0.717, 1.165) is 0 Å². The van der Waals surface area contributed by atoms with E-state index >= 15 is 0 Å². The van der Waals surface area contributed by atoms with Crippen molar-refractivity contribution < 1.29 is 14.0 Å². The van der Waals surface area contributed by atoms with Gasteiger partial charge in [-0.2, -0.15) is 0 Å². The van der Waals surface area contributed by atoms with Crippen LogP contribution in [0.2, 0.25) is 0 Å². The maximum absolute atomic E-state index is 12.6. The summed E-state index contributed by atoms with van der Waals surface area (Å²) in [5.74, 6) is 0. The molecule has 0 amide bonds. The molecule has 0 aromatic heterocycles. The van der Waals surface area contributed by atoms with Gasteiger partial charge in [-0.3, -0.25) is 14.7 Å². The van der Waals surface area contributed by atoms with E-state index in [1.54, 1.807) is 44.2 Å². The number of benzene rings is 1. The zero-order valence-electron chi connectivity index (χ0n) is 9.91. The van der Waals surface area contributed by atoms with E-state index in [-0.39, 0.29) is 18.8 Å². The Morgan fingerprint density at radius 1 is 1.35 bits per heavy atom. The van der Waals surface area contributed by atoms with Gasteiger partial charge in [-0.05, 0) is 26.0 Å². The van der Waals surface area contributed by atoms with Crippen LogP contribution in [-0.4, -0.2) is 23.7 Å². The van der Waals surface area contributed by atoms with Crippen molar-refractivity contribution in [3.05, 3.63) is 40.4 Å². The summed E-state index contributed by atoms with van der Waals surface area (Å²) in [6, 6.07) is 8.67. The second-order valence-electron chi connectivity index (χ2n) is 3.94. The highest BCUT2D eigenvalue weighted by Gasteiger charge is 2.29. The Balaban J connectivity index is 2.94. The molecule has 1 aromatic rings. The van der Waals surface area contributed by atoms with E-state index in [2.05, 4.69) is 0 Å². The van der Waals surface area contributed by atoms with Crippen LogP contribution in [0.1, 0.15) is 13.8 Å². The molecule has 0 aliphatic carbocycles. The van der Waals surface area contributed by atoms with Crippen LogP contribution in [0.4, 0.5) is 0 Å². The second kappa shape index (κ2) is 5.94. The standard InChI is InChI=1S/C11H16NO4P/c1-10(2)16-17(15,9-8-12(13)14)11-6-4-3-5-7-11/h3-7,10H,8-9H2,1-2H3. The maximum atomic E-state index is 12.6. The van der Waals surface area contributed by atoms with Gasteiger partial charge in [0.2, 0.25) is 13.9 Å². The molecule has 0 bridgehead atoms. The average molecular weight is 257 g/mol. The van der Waals surface area contributed by atoms with Crippen LogP contribution >= 0.6 is 7.37 Å². The van der Waals surface area contributed by atoms with Crippen LogP contribution in [-0.2, 0) is 9.09 Å². The molecule has 0 spiro atoms. The maximum Gasteiger partial charge on any atom is 0.238 e. The van der Waals surface area contributed by atoms with Gasteiger partial charge in [-0.25, -0.2) is 0 Å². The van der Waals surface area contributed by atoms with Gasteiger partial charge in [0.1, 0.15) is 0 Å². The summed E-state index contributed by atoms with van der Waals surface area (Å²) >= 11 is 0. The van der Waals surface area contributed by atoms with Crippen molar-refractivity contribution in [3.8, 4) is 0 Å². The van der Waals surface area contributed by atoms with Crippen LogP contribution in [0.3, 0.4) is 0 Å². The van der Waals surface area contributed by atoms with Crippen molar-refractivity contribution in [1.29, 1.82) is 0 Å². The molecule has 0 saturated carbocycles. The number of hydrogen-bond donors (Lipinski definition) is 0. The summed E-state index contributed by atoms with van der Waals surface area (Å²) in [6.07, 6.45) is -0.296. The Kier molecular flexibility index (Phi) is 4.85. The topological polar surface area (TPSA) is 69.4 Å². The predicted octanol–water partition coefficient (Wildman–Crippen LogP) is 2.29. The van der Waals surface area contributed by atoms with E-state index in [4.69, 9.17) is 4.52 Å². The van der Waals surface area contributed by atoms with Gasteiger partial charge in [-0.1, -0.05) is 18.2 Å². The van der Waals surface area contributed by atoms with Crippen LogP contribution in [0.15, 0.2) is 30.3 Å². The van der Waals surface area contributed by atoms with E-state index in [0.29, 0.717) is 5.30 Å². The first-order valence-electron chi connectivity index (χ1n) is 5.39. The van der Waals surface area contributed by atoms with Crippen LogP contribution in [0.5, 0.6) is 0 Å². The largest absolute Gasteiger partial charge is 0.322 e. The lowest BCUT2D eigenvalue weighted by Crippen LogP contribution is -2.18. The molecule has 1 atom stereocenters. The first kappa shape index (κ1) is 13.9. The molecule has 5 nitrogen and oxygen atoms in total. The summed E-state index contributed by atoms with van der Waals surface area (Å²) in [5.41, 5.74) is 0. The summed E-state index contributed by atoms with van der Waals surface area (Å²) in [7, 11) is -3.12. The molecule has 0 aliphatic rings. The first-order chi connectivity index (χ1) is 7.94. The van der Waals surface area contributed by atoms with Crippen molar-refractivity contribution in [2.24, 2.45) is 0 Å². The third kappa shape index (κ3) is 4.29. The molecule has 0 N–H and O–H groups in total. The third-order valence-electron chi connectivity index (χ3n) is 2.11. The van der Waals surface area contributed by atoms with E-state index < -0.39 is 12.3 Å². The Hall–Kier alpha value is -1.19. The monoisotopic (exact) mass is 257 g/mol. The molecule has 17 heavy (non-hydrogen) atoms. The summed E-state index contributed by atoms with van der Waals surface area (Å²) < 4.78 is 18.0. The second-order valence-corrected chi connectivity index (χ2v) is 6.46. The lowest BCUT2D eigenvalue weighted by molar-refractivity contribution is -0.474. The molecule has 0 heterocycles. The van der Waals surface area contributed by atoms with Crippen LogP contribution in [0.25, 0.3) is 0 Å². The molecule has 1 rings (SSSR count). The van der Waals surface area contributed by atoms with Gasteiger partial charge >= 0.3 is 0 Å². The predicted molar refractivity (Wildman–Crippen MR) is 66.6 cm³/mol. The molecule has 0 aliphatic heterocycles. The van der Waals surface area contributed by atoms with Crippen LogP contribution in [0, 0.1) is 10.1 Å². The van der Waals surface area contributed by atoms with Gasteiger partial charge in [0, 0.05) is 10.2 Å². The van der Waals surface area contributed by atoms with Crippen molar-refractivity contribution in [1.82, 2.24) is 0 Å². The quantitative estimate of drug-likeness (QED) is 0.445. The van der Waals surface area contributed by atoms with Crippen molar-refractivity contribution in [2.75, 3.05) is 12.7 Å². The summed E-state index contributed by atoms with van der Waals surface area (Å²) in [5, 5.41) is 10.9. The van der Waals surface area contributed by atoms with E-state index in [1.807, 2.05) is 0 Å². The Bertz CT molecular complexity index is 419. The Morgan fingerprint density at radius 3 is 2.41 bits per heavy atom. The number of nitrogens with zero attached hydrogens (tertiary/aromatic N) is 1. The van der Waals surface area contributed by atoms with Gasteiger partial charge < -0.3 is 4.52 Å². The van der Waals surface area contributed by atoms with Crippen molar-refractivity contribution >= 4 is 12.7 Å². The van der Waals surface area contributed by atoms with Gasteiger partial charge in [-0.15, -0.1) is 0 Å². The molecular formula is C11H16NO4P. The highest BCUT2D eigenvalue weighted by molar-refractivity contribution is 7.67. The highest BCUT2D eigenvalue weighted by atomic mass is 31.2. The van der Waals surface area contributed by atoms with Crippen molar-refractivity contribution in [3.63, 3.8) is 0 Å². The minimum Gasteiger partial charge on any atom is -0.322 e. The fourth-order valence-electron chi connectivity index (χ4n) is 1.45. The third-order valence-corrected chi connectivity index (χ3v) is 4.74. The normalized spacial score (nSPS) is 14.5. The van der Waals surface area contributed by atoms with E-state index in [9.17, 15) is 14.7 Å². The fourth-order valence-corrected chi connectivity index (χ4v) is 3.67. The van der Waals surface area contributed by atoms with Crippen LogP contribution < -0.4 is 5.30 Å². The van der Waals surface area contributed by atoms with E-state index in [1.165, 1.54) is 0 Å². The van der Waals surface area contributed by atoms with Crippen molar-refractivity contribution in [2.45, 2.75) is 20.0 Å². The summed E-state index contributed by atoms with van der Waals surface area (Å²) in [4.78, 5) is 9.92. The molecule has 1 unspecified atom stereocenters. The minimum atomic E-state index is -3.12. The highest BCUT2D eigenvalue weighted by Crippen LogP contribution is 2.46. The number of rotatable bonds is 6. The molecule has 6 heteroatoms. The Labute approximate surface area is 100 Å². The molecule has 0 radical (unpaired) electrons. The minimum absolute atomic E-state index is 0.0673. The van der Waals surface area contributed by atoms with Gasteiger partial charge in [0.05, 0.1) is 12.3 Å². The number of nitro groups is 1. The summed E-state index contributed by atoms with van der Waals surface area (Å²) in [6.45, 7) is 3.18. The SMILES string of the molecule is CC(C)OP(=O)(CC[N+](=O)[O-])c1ccccc1. The molecule has 0 saturated heterocycles. The molecule has 0 fully saturated rings. The molecular weight excluding hydrogens is 241 g/mol.